The van der Waals surface area contributed by atoms with Gasteiger partial charge in [0.25, 0.3) is 0 Å². The number of aromatic nitrogens is 2. The van der Waals surface area contributed by atoms with Gasteiger partial charge in [0.1, 0.15) is 18.2 Å². The number of hydrogen-bond acceptors (Lipinski definition) is 5. The number of anilines is 1. The second-order valence-corrected chi connectivity index (χ2v) is 7.03. The van der Waals surface area contributed by atoms with Gasteiger partial charge in [-0.25, -0.2) is 9.97 Å². The summed E-state index contributed by atoms with van der Waals surface area (Å²) >= 11 is 0. The molecule has 132 valence electrons. The molecular formula is C18H28N4O2. The molecule has 0 unspecified atom stereocenters. The molecule has 1 aromatic heterocycles. The van der Waals surface area contributed by atoms with Crippen LogP contribution in [0, 0.1) is 25.7 Å². The number of nitrogens with one attached hydrogen (secondary N) is 1. The number of rotatable bonds is 6. The summed E-state index contributed by atoms with van der Waals surface area (Å²) in [5, 5.41) is 3.17. The molecule has 6 heteroatoms. The van der Waals surface area contributed by atoms with Crippen LogP contribution in [0.4, 0.5) is 5.82 Å². The maximum absolute atomic E-state index is 12.0. The normalized spacial score (nSPS) is 23.6. The Morgan fingerprint density at radius 2 is 2.04 bits per heavy atom. The van der Waals surface area contributed by atoms with E-state index in [-0.39, 0.29) is 18.6 Å². The van der Waals surface area contributed by atoms with E-state index in [1.807, 2.05) is 6.92 Å². The largest absolute Gasteiger partial charge is 0.375 e. The quantitative estimate of drug-likeness (QED) is 0.858. The van der Waals surface area contributed by atoms with Crippen molar-refractivity contribution in [3.8, 4) is 0 Å². The second kappa shape index (κ2) is 7.05. The van der Waals surface area contributed by atoms with Crippen LogP contribution >= 0.6 is 0 Å². The summed E-state index contributed by atoms with van der Waals surface area (Å²) in [6.45, 7) is 8.06. The van der Waals surface area contributed by atoms with Gasteiger partial charge in [0.05, 0.1) is 6.04 Å². The zero-order valence-corrected chi connectivity index (χ0v) is 15.1. The Bertz CT molecular complexity index is 615. The average Bonchev–Trinajstić information content (AvgIpc) is 3.28. The first-order chi connectivity index (χ1) is 11.5. The maximum atomic E-state index is 12.0. The fraction of sp³-hybridized carbons (Fsp3) is 0.722. The Morgan fingerprint density at radius 1 is 1.29 bits per heavy atom. The minimum absolute atomic E-state index is 0.0271. The number of carbonyl (C=O) groups is 1. The van der Waals surface area contributed by atoms with Crippen LogP contribution < -0.4 is 10.2 Å². The van der Waals surface area contributed by atoms with Crippen LogP contribution in [0.15, 0.2) is 0 Å². The number of hydrogen-bond donors (Lipinski definition) is 1. The smallest absolute Gasteiger partial charge is 0.246 e. The fourth-order valence-corrected chi connectivity index (χ4v) is 3.93. The van der Waals surface area contributed by atoms with Gasteiger partial charge in [0.15, 0.2) is 0 Å². The number of methoxy groups -OCH3 is 1. The molecule has 0 aromatic carbocycles. The topological polar surface area (TPSA) is 67.4 Å². The molecule has 0 bridgehead atoms. The van der Waals surface area contributed by atoms with Crippen molar-refractivity contribution in [2.24, 2.45) is 11.8 Å². The van der Waals surface area contributed by atoms with Gasteiger partial charge in [-0.15, -0.1) is 0 Å². The molecule has 24 heavy (non-hydrogen) atoms. The molecular weight excluding hydrogens is 304 g/mol. The van der Waals surface area contributed by atoms with Crippen molar-refractivity contribution in [1.82, 2.24) is 15.3 Å². The molecule has 2 aliphatic rings. The zero-order chi connectivity index (χ0) is 17.3. The van der Waals surface area contributed by atoms with E-state index in [0.29, 0.717) is 5.92 Å². The minimum Gasteiger partial charge on any atom is -0.375 e. The van der Waals surface area contributed by atoms with Crippen molar-refractivity contribution >= 4 is 11.7 Å². The lowest BCUT2D eigenvalue weighted by Gasteiger charge is -2.22. The van der Waals surface area contributed by atoms with Crippen LogP contribution in [0.5, 0.6) is 0 Å². The standard InChI is InChI=1S/C18H28N4O2/c1-5-14-11(2)19-12(3)20-18(14)22-8-15(13-6-7-13)16(9-22)21-17(23)10-24-4/h13,15-16H,5-10H2,1-4H3,(H,21,23)/t15-,16+/m1/s1. The van der Waals surface area contributed by atoms with E-state index in [1.54, 1.807) is 7.11 Å². The van der Waals surface area contributed by atoms with Gasteiger partial charge in [-0.3, -0.25) is 4.79 Å². The molecule has 0 spiro atoms. The summed E-state index contributed by atoms with van der Waals surface area (Å²) in [5.74, 6) is 3.08. The van der Waals surface area contributed by atoms with Gasteiger partial charge >= 0.3 is 0 Å². The Balaban J connectivity index is 1.81. The maximum Gasteiger partial charge on any atom is 0.246 e. The van der Waals surface area contributed by atoms with Gasteiger partial charge < -0.3 is 15.0 Å². The van der Waals surface area contributed by atoms with E-state index in [9.17, 15) is 4.79 Å². The second-order valence-electron chi connectivity index (χ2n) is 7.03. The van der Waals surface area contributed by atoms with Crippen LogP contribution in [-0.4, -0.2) is 48.7 Å². The molecule has 2 heterocycles. The van der Waals surface area contributed by atoms with E-state index < -0.39 is 0 Å². The highest BCUT2D eigenvalue weighted by Crippen LogP contribution is 2.42. The molecule has 3 rings (SSSR count). The molecule has 1 aromatic rings. The summed E-state index contributed by atoms with van der Waals surface area (Å²) < 4.78 is 4.96. The predicted octanol–water partition coefficient (Wildman–Crippen LogP) is 1.63. The molecule has 1 aliphatic carbocycles. The molecule has 0 radical (unpaired) electrons. The summed E-state index contributed by atoms with van der Waals surface area (Å²) in [4.78, 5) is 23.6. The summed E-state index contributed by atoms with van der Waals surface area (Å²) in [5.41, 5.74) is 2.29. The van der Waals surface area contributed by atoms with Gasteiger partial charge in [-0.05, 0) is 39.0 Å². The first-order valence-corrected chi connectivity index (χ1v) is 8.90. The van der Waals surface area contributed by atoms with Crippen molar-refractivity contribution in [2.45, 2.75) is 46.1 Å². The van der Waals surface area contributed by atoms with E-state index in [0.717, 1.165) is 42.8 Å². The lowest BCUT2D eigenvalue weighted by Crippen LogP contribution is -2.42. The van der Waals surface area contributed by atoms with Gasteiger partial charge in [0.2, 0.25) is 5.91 Å². The van der Waals surface area contributed by atoms with Crippen molar-refractivity contribution in [3.05, 3.63) is 17.1 Å². The van der Waals surface area contributed by atoms with Crippen LogP contribution in [0.1, 0.15) is 36.8 Å². The Morgan fingerprint density at radius 3 is 2.67 bits per heavy atom. The fourth-order valence-electron chi connectivity index (χ4n) is 3.93. The third kappa shape index (κ3) is 3.53. The molecule has 1 amide bonds. The minimum atomic E-state index is -0.0271. The molecule has 2 fully saturated rings. The Labute approximate surface area is 144 Å². The number of carbonyl (C=O) groups excluding carboxylic acids is 1. The first-order valence-electron chi connectivity index (χ1n) is 8.90. The highest BCUT2D eigenvalue weighted by molar-refractivity contribution is 5.77. The molecule has 1 aliphatic heterocycles. The highest BCUT2D eigenvalue weighted by atomic mass is 16.5. The SMILES string of the molecule is CCc1c(C)nc(C)nc1N1C[C@H](NC(=O)COC)[C@@H](C2CC2)C1. The molecule has 6 nitrogen and oxygen atoms in total. The van der Waals surface area contributed by atoms with Crippen LogP contribution in [0.2, 0.25) is 0 Å². The van der Waals surface area contributed by atoms with Crippen molar-refractivity contribution in [2.75, 3.05) is 31.7 Å². The van der Waals surface area contributed by atoms with E-state index in [4.69, 9.17) is 9.72 Å². The zero-order valence-electron chi connectivity index (χ0n) is 15.1. The van der Waals surface area contributed by atoms with Crippen molar-refractivity contribution < 1.29 is 9.53 Å². The summed E-state index contributed by atoms with van der Waals surface area (Å²) in [6, 6.07) is 0.181. The molecule has 2 atom stereocenters. The summed E-state index contributed by atoms with van der Waals surface area (Å²) in [7, 11) is 1.55. The third-order valence-electron chi connectivity index (χ3n) is 5.17. The predicted molar refractivity (Wildman–Crippen MR) is 93.1 cm³/mol. The highest BCUT2D eigenvalue weighted by Gasteiger charge is 2.43. The van der Waals surface area contributed by atoms with Gasteiger partial charge in [-0.1, -0.05) is 6.92 Å². The number of amides is 1. The average molecular weight is 332 g/mol. The van der Waals surface area contributed by atoms with E-state index >= 15 is 0 Å². The number of nitrogens with zero attached hydrogens (tertiary/aromatic N) is 3. The van der Waals surface area contributed by atoms with Crippen LogP contribution in [0.3, 0.4) is 0 Å². The van der Waals surface area contributed by atoms with Crippen LogP contribution in [-0.2, 0) is 16.0 Å². The number of aryl methyl sites for hydroxylation is 2. The van der Waals surface area contributed by atoms with Crippen LogP contribution in [0.25, 0.3) is 0 Å². The van der Waals surface area contributed by atoms with Crippen molar-refractivity contribution in [3.63, 3.8) is 0 Å². The molecule has 1 N–H and O–H groups in total. The monoisotopic (exact) mass is 332 g/mol. The summed E-state index contributed by atoms with van der Waals surface area (Å²) in [6.07, 6.45) is 3.47. The Kier molecular flexibility index (Phi) is 5.04. The van der Waals surface area contributed by atoms with Gasteiger partial charge in [0, 0.05) is 37.4 Å². The lowest BCUT2D eigenvalue weighted by molar-refractivity contribution is -0.125. The van der Waals surface area contributed by atoms with Gasteiger partial charge in [-0.2, -0.15) is 0 Å². The van der Waals surface area contributed by atoms with E-state index in [2.05, 4.69) is 29.0 Å². The third-order valence-corrected chi connectivity index (χ3v) is 5.17. The Hall–Kier alpha value is -1.69. The molecule has 1 saturated heterocycles. The molecule has 1 saturated carbocycles. The van der Waals surface area contributed by atoms with E-state index in [1.165, 1.54) is 18.4 Å². The number of ether oxygens (including phenoxy) is 1. The first kappa shape index (κ1) is 17.1. The lowest BCUT2D eigenvalue weighted by atomic mass is 9.98. The van der Waals surface area contributed by atoms with Crippen molar-refractivity contribution in [1.29, 1.82) is 0 Å².